The van der Waals surface area contributed by atoms with Gasteiger partial charge in [0.1, 0.15) is 28.8 Å². The minimum absolute atomic E-state index is 0.00780. The fourth-order valence-corrected chi connectivity index (χ4v) is 2.35. The lowest BCUT2D eigenvalue weighted by Crippen LogP contribution is -2.43. The van der Waals surface area contributed by atoms with E-state index < -0.39 is 17.9 Å². The molecule has 1 amide bonds. The van der Waals surface area contributed by atoms with Gasteiger partial charge in [0, 0.05) is 0 Å². The average Bonchev–Trinajstić information content (AvgIpc) is 2.42. The summed E-state index contributed by atoms with van der Waals surface area (Å²) in [7, 11) is 0. The number of esters is 1. The summed E-state index contributed by atoms with van der Waals surface area (Å²) >= 11 is 17.0. The molecule has 1 atom stereocenters. The van der Waals surface area contributed by atoms with Crippen LogP contribution in [0.25, 0.3) is 0 Å². The number of pyridine rings is 1. The van der Waals surface area contributed by atoms with Crippen LogP contribution in [0.1, 0.15) is 25.8 Å². The van der Waals surface area contributed by atoms with Crippen LogP contribution in [-0.2, 0) is 20.9 Å². The second kappa shape index (κ2) is 9.18. The van der Waals surface area contributed by atoms with E-state index in [-0.39, 0.29) is 28.7 Å². The van der Waals surface area contributed by atoms with Crippen LogP contribution in [0.2, 0.25) is 10.3 Å². The summed E-state index contributed by atoms with van der Waals surface area (Å²) in [4.78, 5) is 27.3. The Kier molecular flexibility index (Phi) is 7.93. The summed E-state index contributed by atoms with van der Waals surface area (Å²) in [5, 5.41) is 2.98. The predicted molar refractivity (Wildman–Crippen MR) is 86.2 cm³/mol. The Morgan fingerprint density at radius 2 is 1.86 bits per heavy atom. The van der Waals surface area contributed by atoms with Gasteiger partial charge in [-0.3, -0.25) is 4.79 Å². The van der Waals surface area contributed by atoms with Crippen LogP contribution in [0.3, 0.4) is 0 Å². The molecule has 0 aliphatic carbocycles. The SMILES string of the molecule is CC(C)C[C@H](NC(=O)CCl)C(=O)OCc1cc(Cl)nc(Cl)c1. The van der Waals surface area contributed by atoms with E-state index in [0.717, 1.165) is 0 Å². The molecule has 0 bridgehead atoms. The Hall–Kier alpha value is -1.04. The molecule has 1 heterocycles. The van der Waals surface area contributed by atoms with E-state index in [2.05, 4.69) is 10.3 Å². The molecule has 0 aliphatic rings. The molecule has 0 spiro atoms. The summed E-state index contributed by atoms with van der Waals surface area (Å²) < 4.78 is 5.20. The number of nitrogens with zero attached hydrogens (tertiary/aromatic N) is 1. The van der Waals surface area contributed by atoms with Gasteiger partial charge in [0.15, 0.2) is 0 Å². The zero-order chi connectivity index (χ0) is 16.7. The summed E-state index contributed by atoms with van der Waals surface area (Å²) in [5.74, 6) is -0.953. The Bertz CT molecular complexity index is 518. The van der Waals surface area contributed by atoms with E-state index in [1.165, 1.54) is 0 Å². The summed E-state index contributed by atoms with van der Waals surface area (Å²) in [6, 6.07) is 2.37. The lowest BCUT2D eigenvalue weighted by atomic mass is 10.0. The molecule has 5 nitrogen and oxygen atoms in total. The van der Waals surface area contributed by atoms with Gasteiger partial charge in [-0.25, -0.2) is 9.78 Å². The lowest BCUT2D eigenvalue weighted by Gasteiger charge is -2.19. The Labute approximate surface area is 144 Å². The zero-order valence-corrected chi connectivity index (χ0v) is 14.5. The highest BCUT2D eigenvalue weighted by atomic mass is 35.5. The van der Waals surface area contributed by atoms with E-state index in [0.29, 0.717) is 12.0 Å². The second-order valence-corrected chi connectivity index (χ2v) is 6.15. The maximum Gasteiger partial charge on any atom is 0.328 e. The van der Waals surface area contributed by atoms with Crippen molar-refractivity contribution in [1.29, 1.82) is 0 Å². The number of hydrogen-bond donors (Lipinski definition) is 1. The monoisotopic (exact) mass is 366 g/mol. The first-order valence-electron chi connectivity index (χ1n) is 6.65. The fourth-order valence-electron chi connectivity index (χ4n) is 1.77. The molecule has 1 aromatic heterocycles. The zero-order valence-electron chi connectivity index (χ0n) is 12.2. The molecule has 0 saturated carbocycles. The molecule has 0 fully saturated rings. The third kappa shape index (κ3) is 6.81. The normalized spacial score (nSPS) is 12.1. The average molecular weight is 368 g/mol. The molecule has 1 rings (SSSR count). The molecule has 0 aliphatic heterocycles. The first kappa shape index (κ1) is 19.0. The number of aromatic nitrogens is 1. The Morgan fingerprint density at radius 1 is 1.27 bits per heavy atom. The standard InChI is InChI=1S/C14H17Cl3N2O3/c1-8(2)3-10(18-13(20)6-15)14(21)22-7-9-4-11(16)19-12(17)5-9/h4-5,8,10H,3,6-7H2,1-2H3,(H,18,20)/t10-/m0/s1. The Morgan fingerprint density at radius 3 is 2.36 bits per heavy atom. The third-order valence-electron chi connectivity index (χ3n) is 2.65. The van der Waals surface area contributed by atoms with Crippen molar-refractivity contribution in [2.45, 2.75) is 32.9 Å². The number of carbonyl (C=O) groups excluding carboxylic acids is 2. The molecule has 22 heavy (non-hydrogen) atoms. The Balaban J connectivity index is 2.67. The van der Waals surface area contributed by atoms with Crippen molar-refractivity contribution >= 4 is 46.7 Å². The molecule has 1 aromatic rings. The number of nitrogens with one attached hydrogen (secondary N) is 1. The molecule has 0 saturated heterocycles. The van der Waals surface area contributed by atoms with Gasteiger partial charge in [-0.1, -0.05) is 37.0 Å². The molecular formula is C14H17Cl3N2O3. The minimum atomic E-state index is -0.737. The van der Waals surface area contributed by atoms with Crippen molar-refractivity contribution < 1.29 is 14.3 Å². The first-order valence-corrected chi connectivity index (χ1v) is 7.94. The third-order valence-corrected chi connectivity index (χ3v) is 3.28. The highest BCUT2D eigenvalue weighted by molar-refractivity contribution is 6.32. The van der Waals surface area contributed by atoms with Gasteiger partial charge in [-0.2, -0.15) is 0 Å². The van der Waals surface area contributed by atoms with Gasteiger partial charge in [0.05, 0.1) is 0 Å². The van der Waals surface area contributed by atoms with Crippen molar-refractivity contribution in [3.8, 4) is 0 Å². The lowest BCUT2D eigenvalue weighted by molar-refractivity contribution is -0.149. The number of alkyl halides is 1. The van der Waals surface area contributed by atoms with Crippen LogP contribution in [0.4, 0.5) is 0 Å². The van der Waals surface area contributed by atoms with E-state index in [9.17, 15) is 9.59 Å². The van der Waals surface area contributed by atoms with Gasteiger partial charge in [0.2, 0.25) is 5.91 Å². The van der Waals surface area contributed by atoms with Crippen LogP contribution in [-0.4, -0.2) is 28.8 Å². The molecule has 0 unspecified atom stereocenters. The van der Waals surface area contributed by atoms with E-state index in [1.54, 1.807) is 12.1 Å². The highest BCUT2D eigenvalue weighted by Crippen LogP contribution is 2.16. The largest absolute Gasteiger partial charge is 0.459 e. The van der Waals surface area contributed by atoms with Crippen LogP contribution < -0.4 is 5.32 Å². The molecule has 1 N–H and O–H groups in total. The summed E-state index contributed by atoms with van der Waals surface area (Å²) in [6.45, 7) is 3.87. The van der Waals surface area contributed by atoms with Crippen molar-refractivity contribution in [3.63, 3.8) is 0 Å². The summed E-state index contributed by atoms with van der Waals surface area (Å²) in [5.41, 5.74) is 0.616. The number of rotatable bonds is 7. The van der Waals surface area contributed by atoms with E-state index in [4.69, 9.17) is 39.5 Å². The van der Waals surface area contributed by atoms with Crippen molar-refractivity contribution in [1.82, 2.24) is 10.3 Å². The smallest absolute Gasteiger partial charge is 0.328 e. The van der Waals surface area contributed by atoms with Crippen molar-refractivity contribution in [3.05, 3.63) is 28.0 Å². The van der Waals surface area contributed by atoms with Gasteiger partial charge in [0.25, 0.3) is 0 Å². The minimum Gasteiger partial charge on any atom is -0.459 e. The molecule has 0 radical (unpaired) electrons. The fraction of sp³-hybridized carbons (Fsp3) is 0.500. The van der Waals surface area contributed by atoms with E-state index >= 15 is 0 Å². The van der Waals surface area contributed by atoms with Gasteiger partial charge in [-0.15, -0.1) is 11.6 Å². The van der Waals surface area contributed by atoms with Crippen LogP contribution in [0, 0.1) is 5.92 Å². The van der Waals surface area contributed by atoms with E-state index in [1.807, 2.05) is 13.8 Å². The maximum absolute atomic E-state index is 12.1. The van der Waals surface area contributed by atoms with Crippen molar-refractivity contribution in [2.75, 3.05) is 5.88 Å². The predicted octanol–water partition coefficient (Wildman–Crippen LogP) is 3.20. The molecular weight excluding hydrogens is 351 g/mol. The second-order valence-electron chi connectivity index (χ2n) is 5.11. The van der Waals surface area contributed by atoms with Gasteiger partial charge < -0.3 is 10.1 Å². The number of ether oxygens (including phenoxy) is 1. The van der Waals surface area contributed by atoms with Gasteiger partial charge in [-0.05, 0) is 30.0 Å². The molecule has 122 valence electrons. The quantitative estimate of drug-likeness (QED) is 0.456. The molecule has 8 heteroatoms. The van der Waals surface area contributed by atoms with Crippen LogP contribution in [0.15, 0.2) is 12.1 Å². The number of amides is 1. The molecule has 0 aromatic carbocycles. The highest BCUT2D eigenvalue weighted by Gasteiger charge is 2.23. The number of halogens is 3. The van der Waals surface area contributed by atoms with Crippen molar-refractivity contribution in [2.24, 2.45) is 5.92 Å². The topological polar surface area (TPSA) is 68.3 Å². The maximum atomic E-state index is 12.1. The number of carbonyl (C=O) groups is 2. The first-order chi connectivity index (χ1) is 10.3. The van der Waals surface area contributed by atoms with Crippen LogP contribution in [0.5, 0.6) is 0 Å². The summed E-state index contributed by atoms with van der Waals surface area (Å²) in [6.07, 6.45) is 0.458. The van der Waals surface area contributed by atoms with Gasteiger partial charge >= 0.3 is 5.97 Å². The number of hydrogen-bond acceptors (Lipinski definition) is 4. The van der Waals surface area contributed by atoms with Crippen LogP contribution >= 0.6 is 34.8 Å².